The van der Waals surface area contributed by atoms with Gasteiger partial charge in [-0.25, -0.2) is 0 Å². The summed E-state index contributed by atoms with van der Waals surface area (Å²) in [7, 11) is 0. The van der Waals surface area contributed by atoms with Crippen LogP contribution in [0.1, 0.15) is 24.5 Å². The molecule has 0 spiro atoms. The van der Waals surface area contributed by atoms with Crippen LogP contribution in [0.3, 0.4) is 0 Å². The van der Waals surface area contributed by atoms with Crippen molar-refractivity contribution in [3.63, 3.8) is 0 Å². The van der Waals surface area contributed by atoms with Crippen molar-refractivity contribution in [2.24, 2.45) is 0 Å². The van der Waals surface area contributed by atoms with Gasteiger partial charge < -0.3 is 4.42 Å². The highest BCUT2D eigenvalue weighted by atomic mass is 16.3. The van der Waals surface area contributed by atoms with Gasteiger partial charge in [0.15, 0.2) is 0 Å². The minimum absolute atomic E-state index is 0.247. The second kappa shape index (κ2) is 4.55. The molecule has 1 aromatic heterocycles. The topological polar surface area (TPSA) is 36.9 Å². The van der Waals surface area contributed by atoms with Crippen LogP contribution in [-0.2, 0) is 0 Å². The first-order valence-corrected chi connectivity index (χ1v) is 5.16. The third-order valence-corrected chi connectivity index (χ3v) is 2.52. The molecule has 78 valence electrons. The number of rotatable bonds is 3. The first-order chi connectivity index (χ1) is 7.85. The van der Waals surface area contributed by atoms with E-state index < -0.39 is 0 Å². The van der Waals surface area contributed by atoms with Crippen LogP contribution in [0.25, 0.3) is 11.0 Å². The molecule has 0 saturated carbocycles. The molecule has 0 aliphatic heterocycles. The fourth-order valence-electron chi connectivity index (χ4n) is 1.67. The average molecular weight is 209 g/mol. The van der Waals surface area contributed by atoms with Crippen molar-refractivity contribution in [1.29, 1.82) is 5.26 Å². The van der Waals surface area contributed by atoms with E-state index in [9.17, 15) is 0 Å². The Morgan fingerprint density at radius 1 is 1.38 bits per heavy atom. The van der Waals surface area contributed by atoms with Gasteiger partial charge in [-0.2, -0.15) is 5.26 Å². The second-order valence-corrected chi connectivity index (χ2v) is 3.61. The van der Waals surface area contributed by atoms with Gasteiger partial charge in [-0.1, -0.05) is 18.2 Å². The van der Waals surface area contributed by atoms with Gasteiger partial charge >= 0.3 is 0 Å². The third-order valence-electron chi connectivity index (χ3n) is 2.52. The van der Waals surface area contributed by atoms with Gasteiger partial charge in [0.25, 0.3) is 0 Å². The molecule has 2 heteroatoms. The van der Waals surface area contributed by atoms with Gasteiger partial charge in [-0.05, 0) is 18.6 Å². The molecule has 0 saturated heterocycles. The Morgan fingerprint density at radius 3 is 2.88 bits per heavy atom. The normalized spacial score (nSPS) is 11.9. The molecule has 0 fully saturated rings. The highest BCUT2D eigenvalue weighted by Crippen LogP contribution is 2.27. The number of hydrogen-bond donors (Lipinski definition) is 0. The number of nitriles is 1. The van der Waals surface area contributed by atoms with Crippen molar-refractivity contribution in [3.05, 3.63) is 36.1 Å². The molecular formula is C14H11NO. The summed E-state index contributed by atoms with van der Waals surface area (Å²) >= 11 is 0. The van der Waals surface area contributed by atoms with E-state index in [1.54, 1.807) is 0 Å². The standard InChI is InChI=1S/C14H11NO/c1-2-3-6-12(10-15)14-9-11-7-4-5-8-13(11)16-14/h1,4-5,7-9,12H,3,6H2. The zero-order valence-corrected chi connectivity index (χ0v) is 8.81. The Labute approximate surface area is 94.5 Å². The molecule has 1 heterocycles. The summed E-state index contributed by atoms with van der Waals surface area (Å²) in [5.41, 5.74) is 0.818. The summed E-state index contributed by atoms with van der Waals surface area (Å²) < 4.78 is 5.63. The number of hydrogen-bond acceptors (Lipinski definition) is 2. The van der Waals surface area contributed by atoms with Crippen LogP contribution in [0.2, 0.25) is 0 Å². The van der Waals surface area contributed by atoms with Gasteiger partial charge in [0.1, 0.15) is 17.3 Å². The fourth-order valence-corrected chi connectivity index (χ4v) is 1.67. The quantitative estimate of drug-likeness (QED) is 0.726. The Balaban J connectivity index is 2.32. The first-order valence-electron chi connectivity index (χ1n) is 5.16. The molecule has 0 amide bonds. The van der Waals surface area contributed by atoms with Crippen LogP contribution in [0.5, 0.6) is 0 Å². The summed E-state index contributed by atoms with van der Waals surface area (Å²) in [6.07, 6.45) is 6.43. The lowest BCUT2D eigenvalue weighted by molar-refractivity contribution is 0.517. The Bertz CT molecular complexity index is 535. The van der Waals surface area contributed by atoms with Gasteiger partial charge in [0, 0.05) is 11.8 Å². The molecular weight excluding hydrogens is 198 g/mol. The number of benzene rings is 1. The number of nitrogens with zero attached hydrogens (tertiary/aromatic N) is 1. The highest BCUT2D eigenvalue weighted by Gasteiger charge is 2.14. The molecule has 0 N–H and O–H groups in total. The van der Waals surface area contributed by atoms with E-state index in [0.717, 1.165) is 11.0 Å². The van der Waals surface area contributed by atoms with Crippen LogP contribution in [0.15, 0.2) is 34.7 Å². The predicted octanol–water partition coefficient (Wildman–Crippen LogP) is 3.45. The summed E-state index contributed by atoms with van der Waals surface area (Å²) in [6.45, 7) is 0. The van der Waals surface area contributed by atoms with Crippen molar-refractivity contribution in [2.75, 3.05) is 0 Å². The highest BCUT2D eigenvalue weighted by molar-refractivity contribution is 5.77. The maximum absolute atomic E-state index is 9.05. The smallest absolute Gasteiger partial charge is 0.134 e. The van der Waals surface area contributed by atoms with Crippen LogP contribution >= 0.6 is 0 Å². The van der Waals surface area contributed by atoms with Crippen molar-refractivity contribution >= 4 is 11.0 Å². The minimum atomic E-state index is -0.247. The zero-order valence-electron chi connectivity index (χ0n) is 8.81. The SMILES string of the molecule is C#CCCC(C#N)c1cc2ccccc2o1. The predicted molar refractivity (Wildman–Crippen MR) is 62.6 cm³/mol. The van der Waals surface area contributed by atoms with E-state index in [1.165, 1.54) is 0 Å². The second-order valence-electron chi connectivity index (χ2n) is 3.61. The van der Waals surface area contributed by atoms with Gasteiger partial charge in [-0.15, -0.1) is 12.3 Å². The number of para-hydroxylation sites is 1. The Kier molecular flexibility index (Phi) is 2.94. The lowest BCUT2D eigenvalue weighted by atomic mass is 10.0. The number of furan rings is 1. The van der Waals surface area contributed by atoms with E-state index in [1.807, 2.05) is 30.3 Å². The fraction of sp³-hybridized carbons (Fsp3) is 0.214. The van der Waals surface area contributed by atoms with Crippen LogP contribution in [0, 0.1) is 23.7 Å². The molecule has 16 heavy (non-hydrogen) atoms. The van der Waals surface area contributed by atoms with Gasteiger partial charge in [-0.3, -0.25) is 0 Å². The van der Waals surface area contributed by atoms with Crippen LogP contribution < -0.4 is 0 Å². The molecule has 1 aromatic carbocycles. The first kappa shape index (κ1) is 10.3. The molecule has 1 unspecified atom stereocenters. The molecule has 0 bridgehead atoms. The van der Waals surface area contributed by atoms with Crippen molar-refractivity contribution < 1.29 is 4.42 Å². The summed E-state index contributed by atoms with van der Waals surface area (Å²) in [4.78, 5) is 0. The van der Waals surface area contributed by atoms with E-state index in [-0.39, 0.29) is 5.92 Å². The van der Waals surface area contributed by atoms with E-state index >= 15 is 0 Å². The van der Waals surface area contributed by atoms with Gasteiger partial charge in [0.2, 0.25) is 0 Å². The van der Waals surface area contributed by atoms with Crippen molar-refractivity contribution in [1.82, 2.24) is 0 Å². The average Bonchev–Trinajstić information content (AvgIpc) is 2.73. The summed E-state index contributed by atoms with van der Waals surface area (Å²) in [5, 5.41) is 10.1. The molecule has 1 atom stereocenters. The van der Waals surface area contributed by atoms with Crippen molar-refractivity contribution in [2.45, 2.75) is 18.8 Å². The largest absolute Gasteiger partial charge is 0.460 e. The van der Waals surface area contributed by atoms with Crippen LogP contribution in [0.4, 0.5) is 0 Å². The zero-order chi connectivity index (χ0) is 11.4. The summed E-state index contributed by atoms with van der Waals surface area (Å²) in [6, 6.07) is 11.9. The maximum atomic E-state index is 9.05. The third kappa shape index (κ3) is 1.92. The van der Waals surface area contributed by atoms with Gasteiger partial charge in [0.05, 0.1) is 6.07 Å². The Morgan fingerprint density at radius 2 is 2.19 bits per heavy atom. The molecule has 0 aliphatic rings. The molecule has 2 nitrogen and oxygen atoms in total. The van der Waals surface area contributed by atoms with E-state index in [4.69, 9.17) is 16.1 Å². The lowest BCUT2D eigenvalue weighted by Crippen LogP contribution is -1.92. The van der Waals surface area contributed by atoms with E-state index in [0.29, 0.717) is 18.6 Å². The number of terminal acetylenes is 1. The lowest BCUT2D eigenvalue weighted by Gasteiger charge is -2.01. The molecule has 2 aromatic rings. The maximum Gasteiger partial charge on any atom is 0.134 e. The monoisotopic (exact) mass is 209 g/mol. The van der Waals surface area contributed by atoms with Crippen LogP contribution in [-0.4, -0.2) is 0 Å². The minimum Gasteiger partial charge on any atom is -0.460 e. The molecule has 0 radical (unpaired) electrons. The van der Waals surface area contributed by atoms with E-state index in [2.05, 4.69) is 12.0 Å². The molecule has 2 rings (SSSR count). The molecule has 0 aliphatic carbocycles. The Hall–Kier alpha value is -2.19. The number of fused-ring (bicyclic) bond motifs is 1. The van der Waals surface area contributed by atoms with Crippen molar-refractivity contribution in [3.8, 4) is 18.4 Å². The summed E-state index contributed by atoms with van der Waals surface area (Å²) in [5.74, 6) is 3.00.